The van der Waals surface area contributed by atoms with Gasteiger partial charge in [0.15, 0.2) is 48.6 Å². The second-order valence-corrected chi connectivity index (χ2v) is 13.4. The third-order valence-corrected chi connectivity index (χ3v) is 9.58. The van der Waals surface area contributed by atoms with Gasteiger partial charge in [0, 0.05) is 88.1 Å². The van der Waals surface area contributed by atoms with Gasteiger partial charge in [-0.25, -0.2) is 18.3 Å². The van der Waals surface area contributed by atoms with Crippen molar-refractivity contribution in [2.24, 2.45) is 0 Å². The number of aryl methyl sites for hydroxylation is 6. The molecule has 0 aliphatic carbocycles. The summed E-state index contributed by atoms with van der Waals surface area (Å²) in [4.78, 5) is 0. The van der Waals surface area contributed by atoms with Gasteiger partial charge in [-0.1, -0.05) is 63.5 Å². The van der Waals surface area contributed by atoms with E-state index in [-0.39, 0.29) is 0 Å². The quantitative estimate of drug-likeness (QED) is 0.0581. The van der Waals surface area contributed by atoms with E-state index in [4.69, 9.17) is 0 Å². The molecule has 4 nitrogen and oxygen atoms in total. The Morgan fingerprint density at radius 1 is 0.326 bits per heavy atom. The largest absolute Gasteiger partial charge is 0.205 e. The maximum Gasteiger partial charge on any atom is 0.178 e. The van der Waals surface area contributed by atoms with Crippen molar-refractivity contribution in [1.29, 1.82) is 0 Å². The molecule has 4 aromatic rings. The summed E-state index contributed by atoms with van der Waals surface area (Å²) in [5, 5.41) is 0. The van der Waals surface area contributed by atoms with Gasteiger partial charge in [0.25, 0.3) is 0 Å². The molecule has 4 heterocycles. The Labute approximate surface area is 280 Å². The summed E-state index contributed by atoms with van der Waals surface area (Å²) in [5.41, 5.74) is 5.34. The number of hydrogen-bond acceptors (Lipinski definition) is 0. The Balaban J connectivity index is 0.975. The molecular weight excluding hydrogens is 560 g/mol. The molecule has 4 heteroatoms. The molecule has 0 radical (unpaired) electrons. The zero-order valence-corrected chi connectivity index (χ0v) is 29.2. The Hall–Kier alpha value is -3.40. The van der Waals surface area contributed by atoms with Crippen molar-refractivity contribution < 1.29 is 18.3 Å². The van der Waals surface area contributed by atoms with Gasteiger partial charge in [-0.15, -0.1) is 0 Å². The molecule has 0 aliphatic heterocycles. The topological polar surface area (TPSA) is 15.5 Å². The first-order valence-corrected chi connectivity index (χ1v) is 18.6. The molecule has 0 spiro atoms. The van der Waals surface area contributed by atoms with Gasteiger partial charge in [-0.05, 0) is 36.8 Å². The molecule has 0 aliphatic rings. The highest BCUT2D eigenvalue weighted by Crippen LogP contribution is 2.16. The lowest BCUT2D eigenvalue weighted by Crippen LogP contribution is -2.36. The van der Waals surface area contributed by atoms with Gasteiger partial charge in [-0.3, -0.25) is 0 Å². The highest BCUT2D eigenvalue weighted by Gasteiger charge is 2.07. The van der Waals surface area contributed by atoms with Gasteiger partial charge >= 0.3 is 0 Å². The van der Waals surface area contributed by atoms with Crippen molar-refractivity contribution in [2.75, 3.05) is 0 Å². The highest BCUT2D eigenvalue weighted by atomic mass is 15.0. The Kier molecular flexibility index (Phi) is 16.5. The average molecular weight is 623 g/mol. The molecule has 46 heavy (non-hydrogen) atoms. The van der Waals surface area contributed by atoms with E-state index >= 15 is 0 Å². The molecule has 4 aromatic heterocycles. The van der Waals surface area contributed by atoms with E-state index in [1.807, 2.05) is 0 Å². The van der Waals surface area contributed by atoms with Gasteiger partial charge in [0.1, 0.15) is 26.2 Å². The maximum absolute atomic E-state index is 2.37. The first-order chi connectivity index (χ1) is 22.7. The van der Waals surface area contributed by atoms with Crippen molar-refractivity contribution in [3.63, 3.8) is 0 Å². The summed E-state index contributed by atoms with van der Waals surface area (Å²) in [6, 6.07) is 22.0. The van der Waals surface area contributed by atoms with Gasteiger partial charge in [0.05, 0.1) is 0 Å². The average Bonchev–Trinajstić information content (AvgIpc) is 3.08. The van der Waals surface area contributed by atoms with E-state index < -0.39 is 0 Å². The number of nitrogens with zero attached hydrogens (tertiary/aromatic N) is 4. The van der Waals surface area contributed by atoms with Crippen LogP contribution < -0.4 is 18.3 Å². The predicted octanol–water partition coefficient (Wildman–Crippen LogP) is 8.76. The molecule has 246 valence electrons. The SMILES string of the molecule is Cc1cccc[n+]1CCCCCCCCCC[n+]1ccc(-c2cc[n+](CCCCCCCCCC[n+]3ccccc3C)cc2)cc1. The molecule has 0 saturated heterocycles. The molecule has 0 bridgehead atoms. The minimum Gasteiger partial charge on any atom is -0.205 e. The summed E-state index contributed by atoms with van der Waals surface area (Å²) < 4.78 is 9.44. The summed E-state index contributed by atoms with van der Waals surface area (Å²) in [5.74, 6) is 0. The van der Waals surface area contributed by atoms with Gasteiger partial charge < -0.3 is 0 Å². The summed E-state index contributed by atoms with van der Waals surface area (Å²) in [7, 11) is 0. The first kappa shape index (κ1) is 35.5. The molecule has 4 rings (SSSR count). The van der Waals surface area contributed by atoms with Crippen LogP contribution in [0.25, 0.3) is 11.1 Å². The smallest absolute Gasteiger partial charge is 0.178 e. The lowest BCUT2D eigenvalue weighted by Gasteiger charge is -2.03. The van der Waals surface area contributed by atoms with Crippen molar-refractivity contribution in [1.82, 2.24) is 0 Å². The number of unbranched alkanes of at least 4 members (excludes halogenated alkanes) is 14. The molecule has 0 fully saturated rings. The normalized spacial score (nSPS) is 11.3. The standard InChI is InChI=1S/C42H62N4/c1-39-23-15-21-33-45(39)31-19-13-9-5-3-7-11-17-29-43-35-25-41(26-36-43)42-27-37-44(38-28-42)30-18-12-8-4-6-10-14-20-32-46-34-22-16-24-40(46)2/h15-16,21-28,33-38H,3-14,17-20,29-32H2,1-2H3/q+4. The number of pyridine rings is 4. The zero-order valence-electron chi connectivity index (χ0n) is 29.2. The Bertz CT molecular complexity index is 1260. The maximum atomic E-state index is 2.37. The highest BCUT2D eigenvalue weighted by molar-refractivity contribution is 5.60. The Morgan fingerprint density at radius 2 is 0.630 bits per heavy atom. The molecule has 0 atom stereocenters. The van der Waals surface area contributed by atoms with E-state index in [1.165, 1.54) is 125 Å². The summed E-state index contributed by atoms with van der Waals surface area (Å²) >= 11 is 0. The fraction of sp³-hybridized carbons (Fsp3) is 0.524. The fourth-order valence-corrected chi connectivity index (χ4v) is 6.50. The van der Waals surface area contributed by atoms with E-state index in [0.717, 1.165) is 26.2 Å². The molecular formula is C42H62N4+4. The van der Waals surface area contributed by atoms with Crippen molar-refractivity contribution in [3.05, 3.63) is 109 Å². The van der Waals surface area contributed by atoms with E-state index in [2.05, 4.69) is 130 Å². The lowest BCUT2D eigenvalue weighted by molar-refractivity contribution is -0.703. The molecule has 0 aromatic carbocycles. The monoisotopic (exact) mass is 622 g/mol. The van der Waals surface area contributed by atoms with Crippen molar-refractivity contribution in [3.8, 4) is 11.1 Å². The van der Waals surface area contributed by atoms with Crippen LogP contribution in [0.1, 0.15) is 114 Å². The van der Waals surface area contributed by atoms with Gasteiger partial charge in [-0.2, -0.15) is 0 Å². The van der Waals surface area contributed by atoms with E-state index in [0.29, 0.717) is 0 Å². The van der Waals surface area contributed by atoms with Crippen molar-refractivity contribution in [2.45, 2.75) is 143 Å². The third-order valence-electron chi connectivity index (χ3n) is 9.58. The van der Waals surface area contributed by atoms with Crippen LogP contribution in [-0.4, -0.2) is 0 Å². The van der Waals surface area contributed by atoms with E-state index in [9.17, 15) is 0 Å². The van der Waals surface area contributed by atoms with Crippen LogP contribution in [-0.2, 0) is 26.2 Å². The molecule has 0 N–H and O–H groups in total. The predicted molar refractivity (Wildman–Crippen MR) is 189 cm³/mol. The Morgan fingerprint density at radius 3 is 0.957 bits per heavy atom. The van der Waals surface area contributed by atoms with Gasteiger partial charge in [0.2, 0.25) is 0 Å². The van der Waals surface area contributed by atoms with Crippen LogP contribution in [0.15, 0.2) is 97.8 Å². The van der Waals surface area contributed by atoms with Crippen LogP contribution >= 0.6 is 0 Å². The number of aromatic nitrogens is 4. The molecule has 0 amide bonds. The third kappa shape index (κ3) is 13.5. The second-order valence-electron chi connectivity index (χ2n) is 13.4. The molecule has 0 saturated carbocycles. The van der Waals surface area contributed by atoms with E-state index in [1.54, 1.807) is 0 Å². The van der Waals surface area contributed by atoms with Crippen LogP contribution in [0.5, 0.6) is 0 Å². The minimum absolute atomic E-state index is 1.12. The van der Waals surface area contributed by atoms with Crippen LogP contribution in [0.4, 0.5) is 0 Å². The second kappa shape index (κ2) is 21.4. The summed E-state index contributed by atoms with van der Waals surface area (Å²) in [6.45, 7) is 8.95. The molecule has 0 unspecified atom stereocenters. The number of rotatable bonds is 23. The van der Waals surface area contributed by atoms with Crippen LogP contribution in [0, 0.1) is 13.8 Å². The van der Waals surface area contributed by atoms with Crippen molar-refractivity contribution >= 4 is 0 Å². The number of hydrogen-bond donors (Lipinski definition) is 0. The fourth-order valence-electron chi connectivity index (χ4n) is 6.50. The zero-order chi connectivity index (χ0) is 32.1. The van der Waals surface area contributed by atoms with Crippen LogP contribution in [0.3, 0.4) is 0 Å². The lowest BCUT2D eigenvalue weighted by atomic mass is 10.1. The summed E-state index contributed by atoms with van der Waals surface area (Å²) in [6.07, 6.45) is 34.9. The van der Waals surface area contributed by atoms with Crippen LogP contribution in [0.2, 0.25) is 0 Å². The minimum atomic E-state index is 1.12. The first-order valence-electron chi connectivity index (χ1n) is 18.6.